The fourth-order valence-corrected chi connectivity index (χ4v) is 2.51. The number of halogens is 1. The number of aromatic nitrogens is 1. The summed E-state index contributed by atoms with van der Waals surface area (Å²) in [5.74, 6) is 0.924. The first-order valence-electron chi connectivity index (χ1n) is 7.78. The average Bonchev–Trinajstić information content (AvgIpc) is 2.63. The Labute approximate surface area is 151 Å². The van der Waals surface area contributed by atoms with Gasteiger partial charge in [0.15, 0.2) is 13.1 Å². The van der Waals surface area contributed by atoms with Gasteiger partial charge in [0.2, 0.25) is 0 Å². The number of aromatic hydroxyl groups is 1. The van der Waals surface area contributed by atoms with Crippen LogP contribution in [0, 0.1) is 6.92 Å². The van der Waals surface area contributed by atoms with Crippen LogP contribution >= 0.6 is 11.6 Å². The van der Waals surface area contributed by atoms with Crippen molar-refractivity contribution in [1.82, 2.24) is 4.98 Å². The van der Waals surface area contributed by atoms with Gasteiger partial charge in [-0.3, -0.25) is 4.98 Å². The Morgan fingerprint density at radius 1 is 1.24 bits per heavy atom. The van der Waals surface area contributed by atoms with E-state index >= 15 is 0 Å². The van der Waals surface area contributed by atoms with Gasteiger partial charge in [0, 0.05) is 18.9 Å². The molecular weight excluding hydrogens is 346 g/mol. The summed E-state index contributed by atoms with van der Waals surface area (Å²) in [6.45, 7) is 1.50. The van der Waals surface area contributed by atoms with Gasteiger partial charge in [-0.2, -0.15) is 0 Å². The highest BCUT2D eigenvalue weighted by Gasteiger charge is 2.11. The van der Waals surface area contributed by atoms with Crippen LogP contribution in [0.1, 0.15) is 22.4 Å². The number of aryl methyl sites for hydroxylation is 1. The number of alkyl halides is 1. The van der Waals surface area contributed by atoms with Gasteiger partial charge in [-0.05, 0) is 36.6 Å². The van der Waals surface area contributed by atoms with Crippen LogP contribution < -0.4 is 4.74 Å². The third-order valence-corrected chi connectivity index (χ3v) is 4.03. The van der Waals surface area contributed by atoms with Gasteiger partial charge >= 0.3 is 0 Å². The van der Waals surface area contributed by atoms with Crippen molar-refractivity contribution in [2.24, 2.45) is 0 Å². The van der Waals surface area contributed by atoms with Crippen molar-refractivity contribution in [1.29, 1.82) is 0 Å². The van der Waals surface area contributed by atoms with E-state index in [0.29, 0.717) is 23.4 Å². The first-order chi connectivity index (χ1) is 12.1. The molecule has 0 aliphatic heterocycles. The molecule has 2 N–H and O–H groups in total. The molecule has 0 saturated heterocycles. The second kappa shape index (κ2) is 9.58. The van der Waals surface area contributed by atoms with Crippen LogP contribution in [0.15, 0.2) is 30.5 Å². The van der Waals surface area contributed by atoms with Gasteiger partial charge < -0.3 is 24.4 Å². The molecule has 0 saturated carbocycles. The zero-order valence-corrected chi connectivity index (χ0v) is 15.0. The van der Waals surface area contributed by atoms with E-state index < -0.39 is 6.29 Å². The summed E-state index contributed by atoms with van der Waals surface area (Å²) < 4.78 is 15.7. The van der Waals surface area contributed by atoms with Gasteiger partial charge in [0.05, 0.1) is 18.2 Å². The highest BCUT2D eigenvalue weighted by atomic mass is 35.5. The van der Waals surface area contributed by atoms with Gasteiger partial charge in [-0.25, -0.2) is 0 Å². The van der Waals surface area contributed by atoms with Crippen molar-refractivity contribution in [3.05, 3.63) is 52.8 Å². The summed E-state index contributed by atoms with van der Waals surface area (Å²) in [5.41, 5.74) is 2.80. The predicted octanol–water partition coefficient (Wildman–Crippen LogP) is 2.74. The lowest BCUT2D eigenvalue weighted by molar-refractivity contribution is -0.147. The van der Waals surface area contributed by atoms with E-state index in [1.54, 1.807) is 13.1 Å². The molecule has 1 aromatic heterocycles. The number of rotatable bonds is 9. The molecule has 6 nitrogen and oxygen atoms in total. The molecule has 0 bridgehead atoms. The van der Waals surface area contributed by atoms with Gasteiger partial charge in [0.1, 0.15) is 11.5 Å². The van der Waals surface area contributed by atoms with E-state index in [9.17, 15) is 10.2 Å². The lowest BCUT2D eigenvalue weighted by Crippen LogP contribution is -2.19. The van der Waals surface area contributed by atoms with E-state index in [4.69, 9.17) is 25.8 Å². The number of aliphatic hydroxyl groups excluding tert-OH is 1. The monoisotopic (exact) mass is 367 g/mol. The van der Waals surface area contributed by atoms with Gasteiger partial charge in [-0.15, -0.1) is 11.6 Å². The van der Waals surface area contributed by atoms with Crippen LogP contribution in [0.5, 0.6) is 11.5 Å². The number of hydrogen-bond donors (Lipinski definition) is 2. The fraction of sp³-hybridized carbons (Fsp3) is 0.389. The SMILES string of the molecule is COC(CCl)OCOc1ccc(Cc2cnc(C)c(O)c2CO)cc1. The maximum Gasteiger partial charge on any atom is 0.192 e. The smallest absolute Gasteiger partial charge is 0.192 e. The molecule has 1 aromatic carbocycles. The number of benzene rings is 1. The topological polar surface area (TPSA) is 81.0 Å². The van der Waals surface area contributed by atoms with Crippen molar-refractivity contribution >= 4 is 11.6 Å². The van der Waals surface area contributed by atoms with Crippen LogP contribution in [-0.2, 0) is 22.5 Å². The van der Waals surface area contributed by atoms with E-state index in [2.05, 4.69) is 4.98 Å². The normalized spacial score (nSPS) is 12.2. The highest BCUT2D eigenvalue weighted by Crippen LogP contribution is 2.26. The molecule has 0 aliphatic carbocycles. The lowest BCUT2D eigenvalue weighted by atomic mass is 10.0. The van der Waals surface area contributed by atoms with E-state index in [-0.39, 0.29) is 25.0 Å². The number of aliphatic hydroxyl groups is 1. The summed E-state index contributed by atoms with van der Waals surface area (Å²) in [5, 5.41) is 19.5. The zero-order valence-electron chi connectivity index (χ0n) is 14.2. The van der Waals surface area contributed by atoms with Crippen molar-refractivity contribution in [2.75, 3.05) is 19.8 Å². The Balaban J connectivity index is 1.98. The molecule has 0 fully saturated rings. The zero-order chi connectivity index (χ0) is 18.2. The quantitative estimate of drug-likeness (QED) is 0.524. The van der Waals surface area contributed by atoms with Gasteiger partial charge in [0.25, 0.3) is 0 Å². The second-order valence-electron chi connectivity index (χ2n) is 5.42. The minimum absolute atomic E-state index is 0.0367. The second-order valence-corrected chi connectivity index (χ2v) is 5.73. The summed E-state index contributed by atoms with van der Waals surface area (Å²) in [6.07, 6.45) is 1.72. The number of ether oxygens (including phenoxy) is 3. The Hall–Kier alpha value is -1.86. The van der Waals surface area contributed by atoms with Crippen molar-refractivity contribution in [2.45, 2.75) is 26.2 Å². The fourth-order valence-electron chi connectivity index (χ4n) is 2.29. The average molecular weight is 368 g/mol. The molecule has 1 atom stereocenters. The van der Waals surface area contributed by atoms with Gasteiger partial charge in [-0.1, -0.05) is 12.1 Å². The molecule has 2 rings (SSSR count). The molecule has 7 heteroatoms. The van der Waals surface area contributed by atoms with Crippen molar-refractivity contribution in [3.63, 3.8) is 0 Å². The molecule has 0 spiro atoms. The Morgan fingerprint density at radius 3 is 2.56 bits per heavy atom. The minimum atomic E-state index is -0.500. The lowest BCUT2D eigenvalue weighted by Gasteiger charge is -2.14. The van der Waals surface area contributed by atoms with Crippen LogP contribution in [0.2, 0.25) is 0 Å². The Kier molecular flexibility index (Phi) is 7.46. The highest BCUT2D eigenvalue weighted by molar-refractivity contribution is 6.18. The third-order valence-electron chi connectivity index (χ3n) is 3.77. The molecule has 1 heterocycles. The number of pyridine rings is 1. The Morgan fingerprint density at radius 2 is 1.96 bits per heavy atom. The summed E-state index contributed by atoms with van der Waals surface area (Å²) >= 11 is 5.65. The standard InChI is InChI=1S/C18H22ClNO5/c1-12-18(22)16(10-21)14(9-20-12)7-13-3-5-15(6-4-13)24-11-25-17(8-19)23-2/h3-6,9,17,21-22H,7-8,10-11H2,1-2H3. The Bertz CT molecular complexity index is 674. The molecule has 25 heavy (non-hydrogen) atoms. The van der Waals surface area contributed by atoms with Crippen LogP contribution in [-0.4, -0.2) is 41.3 Å². The van der Waals surface area contributed by atoms with Crippen molar-refractivity contribution < 1.29 is 24.4 Å². The number of hydrogen-bond acceptors (Lipinski definition) is 6. The molecule has 0 aliphatic rings. The number of nitrogens with zero attached hydrogens (tertiary/aromatic N) is 1. The van der Waals surface area contributed by atoms with Crippen LogP contribution in [0.25, 0.3) is 0 Å². The third kappa shape index (κ3) is 5.31. The van der Waals surface area contributed by atoms with E-state index in [1.165, 1.54) is 7.11 Å². The predicted molar refractivity (Wildman–Crippen MR) is 93.9 cm³/mol. The maximum absolute atomic E-state index is 10.0. The molecule has 1 unspecified atom stereocenters. The van der Waals surface area contributed by atoms with Crippen LogP contribution in [0.4, 0.5) is 0 Å². The summed E-state index contributed by atoms with van der Waals surface area (Å²) in [6, 6.07) is 7.45. The molecular formula is C18H22ClNO5. The minimum Gasteiger partial charge on any atom is -0.506 e. The van der Waals surface area contributed by atoms with E-state index in [1.807, 2.05) is 24.3 Å². The van der Waals surface area contributed by atoms with Crippen LogP contribution in [0.3, 0.4) is 0 Å². The maximum atomic E-state index is 10.0. The molecule has 0 radical (unpaired) electrons. The molecule has 136 valence electrons. The largest absolute Gasteiger partial charge is 0.506 e. The molecule has 2 aromatic rings. The summed E-state index contributed by atoms with van der Waals surface area (Å²) in [4.78, 5) is 4.15. The molecule has 0 amide bonds. The van der Waals surface area contributed by atoms with E-state index in [0.717, 1.165) is 11.1 Å². The van der Waals surface area contributed by atoms with Crippen molar-refractivity contribution in [3.8, 4) is 11.5 Å². The summed E-state index contributed by atoms with van der Waals surface area (Å²) in [7, 11) is 1.51. The number of methoxy groups -OCH3 is 1. The first kappa shape index (κ1) is 19.5. The first-order valence-corrected chi connectivity index (χ1v) is 8.31.